The Morgan fingerprint density at radius 1 is 1.04 bits per heavy atom. The van der Waals surface area contributed by atoms with Gasteiger partial charge in [0.05, 0.1) is 11.4 Å². The Balaban J connectivity index is 1.60. The highest BCUT2D eigenvalue weighted by atomic mass is 32.2. The molecular weight excluding hydrogens is 346 g/mol. The molecule has 2 amide bonds. The molecule has 1 saturated heterocycles. The molecule has 0 unspecified atom stereocenters. The minimum atomic E-state index is -0.257. The number of benzene rings is 2. The first kappa shape index (κ1) is 18.3. The molecule has 0 bridgehead atoms. The van der Waals surface area contributed by atoms with Crippen LogP contribution in [0.5, 0.6) is 5.75 Å². The summed E-state index contributed by atoms with van der Waals surface area (Å²) < 4.78 is 5.62. The number of nitrogens with zero attached hydrogens (tertiary/aromatic N) is 1. The van der Waals surface area contributed by atoms with E-state index in [1.54, 1.807) is 6.08 Å². The lowest BCUT2D eigenvalue weighted by Crippen LogP contribution is -2.32. The number of imide groups is 1. The minimum Gasteiger partial charge on any atom is -0.492 e. The van der Waals surface area contributed by atoms with Crippen molar-refractivity contribution in [2.45, 2.75) is 20.3 Å². The van der Waals surface area contributed by atoms with Crippen LogP contribution in [-0.2, 0) is 11.2 Å². The van der Waals surface area contributed by atoms with Gasteiger partial charge < -0.3 is 4.74 Å². The summed E-state index contributed by atoms with van der Waals surface area (Å²) in [5.41, 5.74) is 3.31. The maximum absolute atomic E-state index is 12.5. The van der Waals surface area contributed by atoms with Gasteiger partial charge in [-0.15, -0.1) is 0 Å². The molecule has 4 nitrogen and oxygen atoms in total. The molecule has 3 rings (SSSR count). The fourth-order valence-corrected chi connectivity index (χ4v) is 3.45. The van der Waals surface area contributed by atoms with Gasteiger partial charge in [-0.05, 0) is 54.4 Å². The van der Waals surface area contributed by atoms with Gasteiger partial charge in [-0.25, -0.2) is 0 Å². The van der Waals surface area contributed by atoms with Crippen LogP contribution in [0.15, 0.2) is 53.4 Å². The third-order valence-corrected chi connectivity index (χ3v) is 5.07. The van der Waals surface area contributed by atoms with E-state index in [0.717, 1.165) is 35.1 Å². The van der Waals surface area contributed by atoms with Gasteiger partial charge in [-0.2, -0.15) is 0 Å². The van der Waals surface area contributed by atoms with Crippen LogP contribution in [0.2, 0.25) is 0 Å². The van der Waals surface area contributed by atoms with Crippen LogP contribution in [0.3, 0.4) is 0 Å². The summed E-state index contributed by atoms with van der Waals surface area (Å²) in [5.74, 6) is 0.473. The molecule has 1 aliphatic rings. The van der Waals surface area contributed by atoms with Crippen molar-refractivity contribution in [3.63, 3.8) is 0 Å². The summed E-state index contributed by atoms with van der Waals surface area (Å²) in [6.45, 7) is 4.62. The largest absolute Gasteiger partial charge is 0.492 e. The van der Waals surface area contributed by atoms with Crippen molar-refractivity contribution in [2.24, 2.45) is 0 Å². The molecule has 2 aromatic rings. The highest BCUT2D eigenvalue weighted by Gasteiger charge is 2.34. The molecule has 1 heterocycles. The Morgan fingerprint density at radius 2 is 1.73 bits per heavy atom. The molecule has 0 atom stereocenters. The van der Waals surface area contributed by atoms with Crippen LogP contribution in [0, 0.1) is 6.92 Å². The summed E-state index contributed by atoms with van der Waals surface area (Å²) in [6, 6.07) is 15.7. The van der Waals surface area contributed by atoms with Gasteiger partial charge in [0.15, 0.2) is 0 Å². The second-order valence-electron chi connectivity index (χ2n) is 6.09. The molecule has 0 N–H and O–H groups in total. The molecule has 0 saturated carbocycles. The summed E-state index contributed by atoms with van der Waals surface area (Å²) in [4.78, 5) is 26.3. The topological polar surface area (TPSA) is 46.6 Å². The van der Waals surface area contributed by atoms with Gasteiger partial charge in [0.1, 0.15) is 12.4 Å². The molecule has 0 radical (unpaired) electrons. The quantitative estimate of drug-likeness (QED) is 0.696. The van der Waals surface area contributed by atoms with E-state index >= 15 is 0 Å². The summed E-state index contributed by atoms with van der Waals surface area (Å²) in [6.07, 6.45) is 2.74. The van der Waals surface area contributed by atoms with Gasteiger partial charge in [0, 0.05) is 0 Å². The lowest BCUT2D eigenvalue weighted by atomic mass is 10.1. The molecule has 2 aromatic carbocycles. The zero-order valence-electron chi connectivity index (χ0n) is 14.9. The van der Waals surface area contributed by atoms with Gasteiger partial charge in [0.2, 0.25) is 0 Å². The zero-order valence-corrected chi connectivity index (χ0v) is 15.7. The van der Waals surface area contributed by atoms with Crippen molar-refractivity contribution in [2.75, 3.05) is 13.2 Å². The number of hydrogen-bond acceptors (Lipinski definition) is 4. The maximum atomic E-state index is 12.5. The van der Waals surface area contributed by atoms with Crippen molar-refractivity contribution >= 4 is 29.0 Å². The van der Waals surface area contributed by atoms with Crippen molar-refractivity contribution in [1.82, 2.24) is 4.90 Å². The highest BCUT2D eigenvalue weighted by Crippen LogP contribution is 2.32. The number of rotatable bonds is 6. The average Bonchev–Trinajstić information content (AvgIpc) is 2.91. The first-order valence-corrected chi connectivity index (χ1v) is 9.42. The average molecular weight is 367 g/mol. The number of amides is 2. The fourth-order valence-electron chi connectivity index (χ4n) is 2.58. The van der Waals surface area contributed by atoms with Crippen LogP contribution in [0.1, 0.15) is 23.6 Å². The van der Waals surface area contributed by atoms with E-state index < -0.39 is 0 Å². The SMILES string of the molecule is CCc1ccc(/C=C2\SC(=O)N(CCOc3ccc(C)cc3)C2=O)cc1. The van der Waals surface area contributed by atoms with E-state index in [1.165, 1.54) is 10.5 Å². The summed E-state index contributed by atoms with van der Waals surface area (Å²) in [5, 5.41) is -0.251. The van der Waals surface area contributed by atoms with Gasteiger partial charge in [0.25, 0.3) is 11.1 Å². The number of ether oxygens (including phenoxy) is 1. The van der Waals surface area contributed by atoms with Crippen molar-refractivity contribution in [3.05, 3.63) is 70.1 Å². The second kappa shape index (κ2) is 8.23. The van der Waals surface area contributed by atoms with E-state index in [1.807, 2.05) is 55.5 Å². The highest BCUT2D eigenvalue weighted by molar-refractivity contribution is 8.18. The smallest absolute Gasteiger partial charge is 0.293 e. The number of carbonyl (C=O) groups is 2. The lowest BCUT2D eigenvalue weighted by Gasteiger charge is -2.13. The number of aryl methyl sites for hydroxylation is 2. The maximum Gasteiger partial charge on any atom is 0.293 e. The lowest BCUT2D eigenvalue weighted by molar-refractivity contribution is -0.123. The van der Waals surface area contributed by atoms with Gasteiger partial charge in [-0.1, -0.05) is 48.9 Å². The standard InChI is InChI=1S/C21H21NO3S/c1-3-16-6-8-17(9-7-16)14-19-20(23)22(21(24)26-19)12-13-25-18-10-4-15(2)5-11-18/h4-11,14H,3,12-13H2,1-2H3/b19-14-. The molecule has 0 spiro atoms. The second-order valence-corrected chi connectivity index (χ2v) is 7.08. The fraction of sp³-hybridized carbons (Fsp3) is 0.238. The Kier molecular flexibility index (Phi) is 5.78. The number of hydrogen-bond donors (Lipinski definition) is 0. The number of thioether (sulfide) groups is 1. The van der Waals surface area contributed by atoms with E-state index in [9.17, 15) is 9.59 Å². The molecule has 26 heavy (non-hydrogen) atoms. The normalized spacial score (nSPS) is 15.8. The molecule has 0 aromatic heterocycles. The molecule has 5 heteroatoms. The first-order valence-electron chi connectivity index (χ1n) is 8.60. The van der Waals surface area contributed by atoms with Crippen LogP contribution in [-0.4, -0.2) is 29.2 Å². The molecule has 134 valence electrons. The van der Waals surface area contributed by atoms with Crippen molar-refractivity contribution < 1.29 is 14.3 Å². The predicted octanol–water partition coefficient (Wildman–Crippen LogP) is 4.67. The van der Waals surface area contributed by atoms with E-state index in [4.69, 9.17) is 4.74 Å². The third kappa shape index (κ3) is 4.35. The van der Waals surface area contributed by atoms with Crippen LogP contribution < -0.4 is 4.74 Å². The van der Waals surface area contributed by atoms with Crippen molar-refractivity contribution in [3.8, 4) is 5.75 Å². The van der Waals surface area contributed by atoms with E-state index in [2.05, 4.69) is 6.92 Å². The molecule has 1 fully saturated rings. The van der Waals surface area contributed by atoms with Crippen molar-refractivity contribution in [1.29, 1.82) is 0 Å². The summed E-state index contributed by atoms with van der Waals surface area (Å²) in [7, 11) is 0. The van der Waals surface area contributed by atoms with Gasteiger partial charge in [-0.3, -0.25) is 14.5 Å². The van der Waals surface area contributed by atoms with Crippen LogP contribution in [0.25, 0.3) is 6.08 Å². The van der Waals surface area contributed by atoms with Gasteiger partial charge >= 0.3 is 0 Å². The monoisotopic (exact) mass is 367 g/mol. The Bertz CT molecular complexity index is 825. The minimum absolute atomic E-state index is 0.241. The predicted molar refractivity (Wildman–Crippen MR) is 105 cm³/mol. The molecular formula is C21H21NO3S. The van der Waals surface area contributed by atoms with E-state index in [0.29, 0.717) is 4.91 Å². The Morgan fingerprint density at radius 3 is 2.38 bits per heavy atom. The number of carbonyl (C=O) groups excluding carboxylic acids is 2. The van der Waals surface area contributed by atoms with Crippen LogP contribution in [0.4, 0.5) is 4.79 Å². The zero-order chi connectivity index (χ0) is 18.5. The van der Waals surface area contributed by atoms with E-state index in [-0.39, 0.29) is 24.3 Å². The molecule has 1 aliphatic heterocycles. The Labute approximate surface area is 157 Å². The Hall–Kier alpha value is -2.53. The third-order valence-electron chi connectivity index (χ3n) is 4.16. The molecule has 0 aliphatic carbocycles. The first-order chi connectivity index (χ1) is 12.6. The van der Waals surface area contributed by atoms with Crippen LogP contribution >= 0.6 is 11.8 Å². The summed E-state index contributed by atoms with van der Waals surface area (Å²) >= 11 is 0.978.